The second-order valence-electron chi connectivity index (χ2n) is 7.52. The first kappa shape index (κ1) is 21.4. The van der Waals surface area contributed by atoms with Crippen LogP contribution < -0.4 is 16.0 Å². The smallest absolute Gasteiger partial charge is 0.321 e. The van der Waals surface area contributed by atoms with Crippen LogP contribution in [0.15, 0.2) is 30.3 Å². The molecule has 4 amide bonds. The van der Waals surface area contributed by atoms with Gasteiger partial charge in [-0.2, -0.15) is 5.10 Å². The van der Waals surface area contributed by atoms with Gasteiger partial charge in [-0.25, -0.2) is 4.79 Å². The number of carbonyl (C=O) groups excluding carboxylic acids is 3. The fourth-order valence-corrected chi connectivity index (χ4v) is 3.55. The number of benzene rings is 1. The minimum Gasteiger partial charge on any atom is -0.347 e. The summed E-state index contributed by atoms with van der Waals surface area (Å²) in [5.41, 5.74) is 2.95. The summed E-state index contributed by atoms with van der Waals surface area (Å²) in [6.07, 6.45) is 1.42. The summed E-state index contributed by atoms with van der Waals surface area (Å²) in [4.78, 5) is 38.9. The van der Waals surface area contributed by atoms with Crippen molar-refractivity contribution in [3.05, 3.63) is 41.7 Å². The molecule has 0 unspecified atom stereocenters. The van der Waals surface area contributed by atoms with Gasteiger partial charge in [-0.1, -0.05) is 18.2 Å². The van der Waals surface area contributed by atoms with Crippen molar-refractivity contribution in [1.29, 1.82) is 0 Å². The van der Waals surface area contributed by atoms with Crippen LogP contribution in [-0.2, 0) is 16.6 Å². The predicted molar refractivity (Wildman–Crippen MR) is 114 cm³/mol. The molecule has 1 aliphatic heterocycles. The molecule has 0 spiro atoms. The highest BCUT2D eigenvalue weighted by Crippen LogP contribution is 2.19. The van der Waals surface area contributed by atoms with Gasteiger partial charge < -0.3 is 20.9 Å². The third-order valence-corrected chi connectivity index (χ3v) is 5.30. The van der Waals surface area contributed by atoms with Crippen molar-refractivity contribution in [2.75, 3.05) is 30.3 Å². The molecular weight excluding hydrogens is 384 g/mol. The molecule has 0 radical (unpaired) electrons. The molecule has 1 aromatic carbocycles. The zero-order chi connectivity index (χ0) is 21.7. The molecule has 0 bridgehead atoms. The Kier molecular flexibility index (Phi) is 6.71. The standard InChI is InChI=1S/C21H28N6O3/c1-14-19(15(2)26(3)25-14)24-18(28)12-22-20(29)16-8-7-11-27(13-16)21(30)23-17-9-5-4-6-10-17/h4-6,9-10,16H,7-8,11-13H2,1-3H3,(H,22,29)(H,23,30)(H,24,28)/t16-/m0/s1. The van der Waals surface area contributed by atoms with E-state index in [4.69, 9.17) is 0 Å². The van der Waals surface area contributed by atoms with Crippen molar-refractivity contribution in [2.45, 2.75) is 26.7 Å². The quantitative estimate of drug-likeness (QED) is 0.698. The molecule has 160 valence electrons. The first-order valence-electron chi connectivity index (χ1n) is 10.0. The minimum atomic E-state index is -0.338. The normalized spacial score (nSPS) is 16.1. The second kappa shape index (κ2) is 9.43. The first-order chi connectivity index (χ1) is 14.3. The molecule has 9 nitrogen and oxygen atoms in total. The number of para-hydroxylation sites is 1. The van der Waals surface area contributed by atoms with Crippen molar-refractivity contribution >= 4 is 29.2 Å². The first-order valence-corrected chi connectivity index (χ1v) is 10.0. The summed E-state index contributed by atoms with van der Waals surface area (Å²) < 4.78 is 1.70. The van der Waals surface area contributed by atoms with Gasteiger partial charge in [0, 0.05) is 25.8 Å². The molecular formula is C21H28N6O3. The van der Waals surface area contributed by atoms with Gasteiger partial charge in [0.05, 0.1) is 29.5 Å². The Morgan fingerprint density at radius 2 is 1.87 bits per heavy atom. The number of rotatable bonds is 5. The van der Waals surface area contributed by atoms with Gasteiger partial charge in [0.1, 0.15) is 0 Å². The van der Waals surface area contributed by atoms with E-state index in [0.29, 0.717) is 30.9 Å². The minimum absolute atomic E-state index is 0.126. The molecule has 1 fully saturated rings. The highest BCUT2D eigenvalue weighted by Gasteiger charge is 2.28. The van der Waals surface area contributed by atoms with Crippen molar-refractivity contribution < 1.29 is 14.4 Å². The van der Waals surface area contributed by atoms with Crippen LogP contribution in [0.5, 0.6) is 0 Å². The van der Waals surface area contributed by atoms with E-state index in [-0.39, 0.29) is 30.3 Å². The Hall–Kier alpha value is -3.36. The summed E-state index contributed by atoms with van der Waals surface area (Å²) in [6.45, 7) is 4.48. The maximum Gasteiger partial charge on any atom is 0.321 e. The van der Waals surface area contributed by atoms with E-state index in [0.717, 1.165) is 17.8 Å². The number of nitrogens with one attached hydrogen (secondary N) is 3. The summed E-state index contributed by atoms with van der Waals surface area (Å²) in [6, 6.07) is 8.99. The van der Waals surface area contributed by atoms with Gasteiger partial charge >= 0.3 is 6.03 Å². The van der Waals surface area contributed by atoms with Gasteiger partial charge in [0.25, 0.3) is 0 Å². The zero-order valence-corrected chi connectivity index (χ0v) is 17.6. The molecule has 1 atom stereocenters. The van der Waals surface area contributed by atoms with E-state index >= 15 is 0 Å². The average Bonchev–Trinajstić information content (AvgIpc) is 2.98. The predicted octanol–water partition coefficient (Wildman–Crippen LogP) is 2.04. The van der Waals surface area contributed by atoms with E-state index < -0.39 is 0 Å². The van der Waals surface area contributed by atoms with Gasteiger partial charge in [-0.3, -0.25) is 14.3 Å². The number of amides is 4. The summed E-state index contributed by atoms with van der Waals surface area (Å²) in [5, 5.41) is 12.6. The SMILES string of the molecule is Cc1nn(C)c(C)c1NC(=O)CNC(=O)[C@H]1CCCN(C(=O)Nc2ccccc2)C1. The third-order valence-electron chi connectivity index (χ3n) is 5.30. The highest BCUT2D eigenvalue weighted by atomic mass is 16.2. The number of carbonyl (C=O) groups is 3. The Labute approximate surface area is 175 Å². The lowest BCUT2D eigenvalue weighted by Crippen LogP contribution is -2.47. The number of urea groups is 1. The van der Waals surface area contributed by atoms with Crippen LogP contribution in [0.2, 0.25) is 0 Å². The Bertz CT molecular complexity index is 924. The number of hydrogen-bond donors (Lipinski definition) is 3. The van der Waals surface area contributed by atoms with E-state index in [1.54, 1.807) is 9.58 Å². The largest absolute Gasteiger partial charge is 0.347 e. The molecule has 2 aromatic rings. The molecule has 1 aromatic heterocycles. The number of nitrogens with zero attached hydrogens (tertiary/aromatic N) is 3. The topological polar surface area (TPSA) is 108 Å². The molecule has 0 saturated carbocycles. The molecule has 30 heavy (non-hydrogen) atoms. The van der Waals surface area contributed by atoms with E-state index in [2.05, 4.69) is 21.0 Å². The Balaban J connectivity index is 1.49. The number of hydrogen-bond acceptors (Lipinski definition) is 4. The number of piperidine rings is 1. The van der Waals surface area contributed by atoms with Crippen LogP contribution in [0.4, 0.5) is 16.2 Å². The lowest BCUT2D eigenvalue weighted by Gasteiger charge is -2.32. The van der Waals surface area contributed by atoms with E-state index in [9.17, 15) is 14.4 Å². The summed E-state index contributed by atoms with van der Waals surface area (Å²) in [7, 11) is 1.81. The number of aromatic nitrogens is 2. The molecule has 3 rings (SSSR count). The summed E-state index contributed by atoms with van der Waals surface area (Å²) in [5.74, 6) is -0.867. The van der Waals surface area contributed by atoms with Gasteiger partial charge in [-0.05, 0) is 38.8 Å². The maximum absolute atomic E-state index is 12.6. The zero-order valence-electron chi connectivity index (χ0n) is 17.6. The lowest BCUT2D eigenvalue weighted by molar-refractivity contribution is -0.128. The average molecular weight is 412 g/mol. The number of likely N-dealkylation sites (tertiary alicyclic amines) is 1. The molecule has 0 aliphatic carbocycles. The van der Waals surface area contributed by atoms with Gasteiger partial charge in [0.15, 0.2) is 0 Å². The van der Waals surface area contributed by atoms with Gasteiger partial charge in [0.2, 0.25) is 11.8 Å². The number of anilines is 2. The Morgan fingerprint density at radius 3 is 2.53 bits per heavy atom. The summed E-state index contributed by atoms with van der Waals surface area (Å²) >= 11 is 0. The van der Waals surface area contributed by atoms with Crippen molar-refractivity contribution in [3.8, 4) is 0 Å². The van der Waals surface area contributed by atoms with Crippen molar-refractivity contribution in [1.82, 2.24) is 20.0 Å². The third kappa shape index (κ3) is 5.16. The number of aryl methyl sites for hydroxylation is 2. The molecule has 2 heterocycles. The molecule has 9 heteroatoms. The molecule has 1 saturated heterocycles. The highest BCUT2D eigenvalue weighted by molar-refractivity contribution is 5.96. The van der Waals surface area contributed by atoms with E-state index in [1.807, 2.05) is 51.2 Å². The van der Waals surface area contributed by atoms with Gasteiger partial charge in [-0.15, -0.1) is 0 Å². The monoisotopic (exact) mass is 412 g/mol. The Morgan fingerprint density at radius 1 is 1.13 bits per heavy atom. The fraction of sp³-hybridized carbons (Fsp3) is 0.429. The second-order valence-corrected chi connectivity index (χ2v) is 7.52. The fourth-order valence-electron chi connectivity index (χ4n) is 3.55. The van der Waals surface area contributed by atoms with E-state index in [1.165, 1.54) is 0 Å². The van der Waals surface area contributed by atoms with Crippen LogP contribution in [0.1, 0.15) is 24.2 Å². The van der Waals surface area contributed by atoms with Crippen LogP contribution in [0.3, 0.4) is 0 Å². The molecule has 3 N–H and O–H groups in total. The van der Waals surface area contributed by atoms with Crippen LogP contribution in [0.25, 0.3) is 0 Å². The lowest BCUT2D eigenvalue weighted by atomic mass is 9.97. The van der Waals surface area contributed by atoms with Crippen LogP contribution >= 0.6 is 0 Å². The maximum atomic E-state index is 12.6. The van der Waals surface area contributed by atoms with Crippen molar-refractivity contribution in [2.24, 2.45) is 13.0 Å². The molecule has 1 aliphatic rings. The van der Waals surface area contributed by atoms with Crippen molar-refractivity contribution in [3.63, 3.8) is 0 Å². The van der Waals surface area contributed by atoms with Crippen LogP contribution in [-0.4, -0.2) is 52.2 Å². The van der Waals surface area contributed by atoms with Crippen LogP contribution in [0, 0.1) is 19.8 Å².